The molecule has 0 unspecified atom stereocenters. The average molecular weight is 365 g/mol. The van der Waals surface area contributed by atoms with Gasteiger partial charge in [-0.25, -0.2) is 0 Å². The fraction of sp³-hybridized carbons (Fsp3) is 0.111. The molecular weight excluding hydrogens is 359 g/mol. The van der Waals surface area contributed by atoms with E-state index >= 15 is 0 Å². The summed E-state index contributed by atoms with van der Waals surface area (Å²) >= 11 is 5.47. The normalized spacial score (nSPS) is 10.4. The Morgan fingerprint density at radius 3 is 2.71 bits per heavy atom. The molecule has 0 amide bonds. The molecule has 1 aromatic heterocycles. The van der Waals surface area contributed by atoms with E-state index in [1.807, 2.05) is 46.9 Å². The molecule has 2 aromatic rings. The molecule has 5 heteroatoms. The van der Waals surface area contributed by atoms with Crippen molar-refractivity contribution in [3.05, 3.63) is 44.1 Å². The zero-order chi connectivity index (χ0) is 9.97. The van der Waals surface area contributed by atoms with Gasteiger partial charge in [-0.15, -0.1) is 10.2 Å². The Bertz CT molecular complexity index is 444. The Kier molecular flexibility index (Phi) is 3.17. The molecule has 0 aliphatic heterocycles. The molecule has 3 nitrogen and oxygen atoms in total. The lowest BCUT2D eigenvalue weighted by molar-refractivity contribution is 0.479. The zero-order valence-electron chi connectivity index (χ0n) is 7.08. The molecular formula is C9H6BrIN2O. The van der Waals surface area contributed by atoms with Gasteiger partial charge in [0, 0.05) is 27.1 Å². The van der Waals surface area contributed by atoms with Crippen LogP contribution in [0.5, 0.6) is 0 Å². The lowest BCUT2D eigenvalue weighted by Gasteiger charge is -1.99. The van der Waals surface area contributed by atoms with Crippen molar-refractivity contribution in [3.63, 3.8) is 0 Å². The van der Waals surface area contributed by atoms with Gasteiger partial charge in [0.1, 0.15) is 0 Å². The lowest BCUT2D eigenvalue weighted by Crippen LogP contribution is -1.89. The van der Waals surface area contributed by atoms with Crippen molar-refractivity contribution in [1.82, 2.24) is 10.2 Å². The van der Waals surface area contributed by atoms with Crippen molar-refractivity contribution in [2.45, 2.75) is 6.42 Å². The van der Waals surface area contributed by atoms with Crippen molar-refractivity contribution in [2.75, 3.05) is 0 Å². The standard InChI is InChI=1S/C9H6BrIN2O/c10-7-4-2-1-3-6(7)5-8-12-13-9(11)14-8/h1-4H,5H2. The molecule has 72 valence electrons. The number of halogens is 2. The monoisotopic (exact) mass is 364 g/mol. The van der Waals surface area contributed by atoms with E-state index in [2.05, 4.69) is 26.1 Å². The zero-order valence-corrected chi connectivity index (χ0v) is 10.8. The maximum Gasteiger partial charge on any atom is 0.278 e. The molecule has 1 heterocycles. The van der Waals surface area contributed by atoms with E-state index in [9.17, 15) is 0 Å². The van der Waals surface area contributed by atoms with E-state index in [1.165, 1.54) is 0 Å². The fourth-order valence-corrected chi connectivity index (χ4v) is 1.90. The third-order valence-corrected chi connectivity index (χ3v) is 2.95. The summed E-state index contributed by atoms with van der Waals surface area (Å²) in [6, 6.07) is 7.99. The van der Waals surface area contributed by atoms with Gasteiger partial charge in [-0.1, -0.05) is 34.1 Å². The number of hydrogen-bond acceptors (Lipinski definition) is 3. The molecule has 0 aliphatic rings. The van der Waals surface area contributed by atoms with Gasteiger partial charge in [0.25, 0.3) is 3.90 Å². The van der Waals surface area contributed by atoms with Crippen molar-refractivity contribution < 1.29 is 4.42 Å². The summed E-state index contributed by atoms with van der Waals surface area (Å²) in [4.78, 5) is 0. The first kappa shape index (κ1) is 10.1. The summed E-state index contributed by atoms with van der Waals surface area (Å²) in [6.07, 6.45) is 0.664. The molecule has 14 heavy (non-hydrogen) atoms. The molecule has 1 aromatic carbocycles. The van der Waals surface area contributed by atoms with Crippen LogP contribution in [-0.4, -0.2) is 10.2 Å². The van der Waals surface area contributed by atoms with Crippen LogP contribution < -0.4 is 0 Å². The first-order valence-corrected chi connectivity index (χ1v) is 5.84. The number of aromatic nitrogens is 2. The topological polar surface area (TPSA) is 38.9 Å². The van der Waals surface area contributed by atoms with Crippen LogP contribution in [0.3, 0.4) is 0 Å². The largest absolute Gasteiger partial charge is 0.416 e. The van der Waals surface area contributed by atoms with E-state index in [4.69, 9.17) is 4.42 Å². The number of nitrogens with zero attached hydrogens (tertiary/aromatic N) is 2. The average Bonchev–Trinajstić information content (AvgIpc) is 2.56. The second kappa shape index (κ2) is 4.39. The van der Waals surface area contributed by atoms with Gasteiger partial charge < -0.3 is 4.42 Å². The molecule has 0 atom stereocenters. The molecule has 0 spiro atoms. The van der Waals surface area contributed by atoms with Crippen molar-refractivity contribution in [2.24, 2.45) is 0 Å². The Balaban J connectivity index is 2.23. The Labute approximate surface area is 103 Å². The molecule has 0 N–H and O–H groups in total. The molecule has 0 bridgehead atoms. The Hall–Kier alpha value is -0.430. The molecule has 2 rings (SSSR count). The van der Waals surface area contributed by atoms with Gasteiger partial charge in [-0.2, -0.15) is 0 Å². The van der Waals surface area contributed by atoms with Crippen molar-refractivity contribution >= 4 is 38.5 Å². The van der Waals surface area contributed by atoms with Crippen LogP contribution in [0.1, 0.15) is 11.5 Å². The summed E-state index contributed by atoms with van der Waals surface area (Å²) in [7, 11) is 0. The number of rotatable bonds is 2. The minimum absolute atomic E-state index is 0.574. The summed E-state index contributed by atoms with van der Waals surface area (Å²) in [5.41, 5.74) is 1.15. The third kappa shape index (κ3) is 2.33. The van der Waals surface area contributed by atoms with Crippen LogP contribution >= 0.6 is 38.5 Å². The van der Waals surface area contributed by atoms with E-state index in [0.29, 0.717) is 16.2 Å². The van der Waals surface area contributed by atoms with Gasteiger partial charge >= 0.3 is 0 Å². The van der Waals surface area contributed by atoms with Crippen LogP contribution in [-0.2, 0) is 6.42 Å². The van der Waals surface area contributed by atoms with Crippen LogP contribution in [0.2, 0.25) is 0 Å². The predicted octanol–water partition coefficient (Wildman–Crippen LogP) is 3.03. The van der Waals surface area contributed by atoms with Crippen molar-refractivity contribution in [1.29, 1.82) is 0 Å². The van der Waals surface area contributed by atoms with Crippen LogP contribution in [0.15, 0.2) is 33.2 Å². The van der Waals surface area contributed by atoms with Gasteiger partial charge in [-0.05, 0) is 11.6 Å². The van der Waals surface area contributed by atoms with E-state index < -0.39 is 0 Å². The fourth-order valence-electron chi connectivity index (χ4n) is 1.11. The SMILES string of the molecule is Brc1ccccc1Cc1nnc(I)o1. The molecule has 0 aliphatic carbocycles. The van der Waals surface area contributed by atoms with Gasteiger partial charge in [0.2, 0.25) is 5.89 Å². The highest BCUT2D eigenvalue weighted by Gasteiger charge is 2.06. The van der Waals surface area contributed by atoms with Gasteiger partial charge in [0.05, 0.1) is 6.42 Å². The van der Waals surface area contributed by atoms with E-state index in [1.54, 1.807) is 0 Å². The minimum Gasteiger partial charge on any atom is -0.416 e. The Morgan fingerprint density at radius 2 is 2.07 bits per heavy atom. The summed E-state index contributed by atoms with van der Waals surface area (Å²) < 4.78 is 6.92. The highest BCUT2D eigenvalue weighted by Crippen LogP contribution is 2.19. The summed E-state index contributed by atoms with van der Waals surface area (Å²) in [5, 5.41) is 7.70. The van der Waals surface area contributed by atoms with Gasteiger partial charge in [0.15, 0.2) is 0 Å². The molecule has 0 saturated heterocycles. The maximum absolute atomic E-state index is 5.29. The number of hydrogen-bond donors (Lipinski definition) is 0. The van der Waals surface area contributed by atoms with Crippen LogP contribution in [0.4, 0.5) is 0 Å². The smallest absolute Gasteiger partial charge is 0.278 e. The highest BCUT2D eigenvalue weighted by molar-refractivity contribution is 14.1. The molecule has 0 fully saturated rings. The van der Waals surface area contributed by atoms with Gasteiger partial charge in [-0.3, -0.25) is 0 Å². The Morgan fingerprint density at radius 1 is 1.29 bits per heavy atom. The van der Waals surface area contributed by atoms with Crippen LogP contribution in [0, 0.1) is 3.90 Å². The molecule has 0 radical (unpaired) electrons. The number of benzene rings is 1. The van der Waals surface area contributed by atoms with Crippen LogP contribution in [0.25, 0.3) is 0 Å². The summed E-state index contributed by atoms with van der Waals surface area (Å²) in [6.45, 7) is 0. The second-order valence-electron chi connectivity index (χ2n) is 2.72. The quantitative estimate of drug-likeness (QED) is 0.769. The van der Waals surface area contributed by atoms with Crippen molar-refractivity contribution in [3.8, 4) is 0 Å². The van der Waals surface area contributed by atoms with E-state index in [0.717, 1.165) is 10.0 Å². The third-order valence-electron chi connectivity index (χ3n) is 1.74. The highest BCUT2D eigenvalue weighted by atomic mass is 127. The first-order chi connectivity index (χ1) is 6.75. The molecule has 0 saturated carbocycles. The minimum atomic E-state index is 0.574. The lowest BCUT2D eigenvalue weighted by atomic mass is 10.1. The maximum atomic E-state index is 5.29. The van der Waals surface area contributed by atoms with E-state index in [-0.39, 0.29) is 0 Å². The predicted molar refractivity (Wildman–Crippen MR) is 64.0 cm³/mol. The second-order valence-corrected chi connectivity index (χ2v) is 4.49. The first-order valence-electron chi connectivity index (χ1n) is 3.97. The summed E-state index contributed by atoms with van der Waals surface area (Å²) in [5.74, 6) is 0.640.